The first-order valence-electron chi connectivity index (χ1n) is 12.1. The van der Waals surface area contributed by atoms with E-state index in [1.165, 1.54) is 0 Å². The second-order valence-electron chi connectivity index (χ2n) is 9.33. The predicted octanol–water partition coefficient (Wildman–Crippen LogP) is 3.58. The van der Waals surface area contributed by atoms with Crippen molar-refractivity contribution >= 4 is 22.8 Å². The molecule has 3 atom stereocenters. The van der Waals surface area contributed by atoms with E-state index in [2.05, 4.69) is 4.90 Å². The number of fused-ring (bicyclic) bond motifs is 2. The summed E-state index contributed by atoms with van der Waals surface area (Å²) in [6.45, 7) is 5.36. The molecule has 2 aromatic carbocycles. The first kappa shape index (κ1) is 22.1. The van der Waals surface area contributed by atoms with Crippen molar-refractivity contribution in [2.75, 3.05) is 44.3 Å². The van der Waals surface area contributed by atoms with E-state index in [1.54, 1.807) is 17.0 Å². The Morgan fingerprint density at radius 3 is 2.77 bits per heavy atom. The molecule has 1 aromatic heterocycles. The second-order valence-corrected chi connectivity index (χ2v) is 9.33. The van der Waals surface area contributed by atoms with Crippen molar-refractivity contribution in [2.24, 2.45) is 5.92 Å². The maximum Gasteiger partial charge on any atom is 0.410 e. The molecule has 0 bridgehead atoms. The van der Waals surface area contributed by atoms with Gasteiger partial charge >= 0.3 is 6.09 Å². The minimum Gasteiger partial charge on any atom is -0.507 e. The Hall–Kier alpha value is -3.43. The lowest BCUT2D eigenvalue weighted by molar-refractivity contribution is -0.0907. The van der Waals surface area contributed by atoms with E-state index < -0.39 is 0 Å². The van der Waals surface area contributed by atoms with Crippen molar-refractivity contribution in [3.05, 3.63) is 48.0 Å². The van der Waals surface area contributed by atoms with Gasteiger partial charge in [-0.1, -0.05) is 18.2 Å². The van der Waals surface area contributed by atoms with Gasteiger partial charge in [-0.15, -0.1) is 0 Å². The number of aryl methyl sites for hydroxylation is 1. The summed E-state index contributed by atoms with van der Waals surface area (Å²) in [5.41, 5.74) is 2.51. The third-order valence-corrected chi connectivity index (χ3v) is 7.05. The fraction of sp³-hybridized carbons (Fsp3) is 0.423. The lowest BCUT2D eigenvalue weighted by atomic mass is 10.0. The molecule has 3 aliphatic heterocycles. The van der Waals surface area contributed by atoms with Gasteiger partial charge in [-0.25, -0.2) is 14.8 Å². The highest BCUT2D eigenvalue weighted by molar-refractivity contribution is 5.92. The molecule has 0 radical (unpaired) electrons. The minimum absolute atomic E-state index is 0. The summed E-state index contributed by atoms with van der Waals surface area (Å²) in [6, 6.07) is 13.2. The smallest absolute Gasteiger partial charge is 0.410 e. The van der Waals surface area contributed by atoms with Gasteiger partial charge in [0.15, 0.2) is 12.1 Å². The number of aromatic hydroxyl groups is 1. The highest BCUT2D eigenvalue weighted by atomic mass is 16.7. The number of carbonyl (C=O) groups excluding carboxylic acids is 1. The van der Waals surface area contributed by atoms with E-state index >= 15 is 0 Å². The maximum absolute atomic E-state index is 12.8. The first-order valence-corrected chi connectivity index (χ1v) is 12.1. The van der Waals surface area contributed by atoms with E-state index in [0.717, 1.165) is 28.7 Å². The first-order chi connectivity index (χ1) is 17.1. The molecule has 3 aliphatic rings. The number of phenols is 1. The number of hydrogen-bond acceptors (Lipinski definition) is 8. The number of piperazine rings is 1. The molecular weight excluding hydrogens is 448 g/mol. The zero-order valence-electron chi connectivity index (χ0n) is 19.6. The quantitative estimate of drug-likeness (QED) is 0.610. The molecule has 1 N–H and O–H groups in total. The van der Waals surface area contributed by atoms with Gasteiger partial charge in [-0.3, -0.25) is 0 Å². The molecule has 3 saturated heterocycles. The van der Waals surface area contributed by atoms with Crippen LogP contribution < -0.4 is 4.90 Å². The normalized spacial score (nSPS) is 24.1. The summed E-state index contributed by atoms with van der Waals surface area (Å²) < 4.78 is 16.9. The van der Waals surface area contributed by atoms with Gasteiger partial charge in [0.1, 0.15) is 17.7 Å². The standard InChI is InChI=1S/C26H28N4O5.H2/c1-16-6-7-17-20(14-16)27-23(18-4-2-3-5-21(18)31)28-24(17)29-9-11-30(12-10-29)26(32)35-22-15-34-25-19(22)8-13-33-25;/h2-7,14,19,22,25,31H,8-13,15H2,1H3;1H/t19-,22+,25+;/m1./s1. The van der Waals surface area contributed by atoms with E-state index in [1.807, 2.05) is 37.3 Å². The molecule has 184 valence electrons. The molecule has 0 aliphatic carbocycles. The van der Waals surface area contributed by atoms with Gasteiger partial charge in [0.05, 0.1) is 30.2 Å². The lowest BCUT2D eigenvalue weighted by Gasteiger charge is -2.36. The molecule has 6 rings (SSSR count). The Kier molecular flexibility index (Phi) is 5.66. The van der Waals surface area contributed by atoms with Gasteiger partial charge in [0.2, 0.25) is 0 Å². The van der Waals surface area contributed by atoms with Gasteiger partial charge < -0.3 is 29.1 Å². The van der Waals surface area contributed by atoms with Crippen LogP contribution in [0.2, 0.25) is 0 Å². The van der Waals surface area contributed by atoms with E-state index in [0.29, 0.717) is 50.8 Å². The van der Waals surface area contributed by atoms with Crippen LogP contribution in [-0.2, 0) is 14.2 Å². The summed E-state index contributed by atoms with van der Waals surface area (Å²) in [4.78, 5) is 26.4. The van der Waals surface area contributed by atoms with Crippen molar-refractivity contribution in [1.29, 1.82) is 0 Å². The van der Waals surface area contributed by atoms with Crippen molar-refractivity contribution in [1.82, 2.24) is 14.9 Å². The molecule has 3 aromatic rings. The third-order valence-electron chi connectivity index (χ3n) is 7.05. The number of nitrogens with zero attached hydrogens (tertiary/aromatic N) is 4. The van der Waals surface area contributed by atoms with Crippen molar-refractivity contribution < 1.29 is 25.5 Å². The Morgan fingerprint density at radius 2 is 1.94 bits per heavy atom. The van der Waals surface area contributed by atoms with Gasteiger partial charge in [0.25, 0.3) is 0 Å². The number of phenolic OH excluding ortho intramolecular Hbond substituents is 1. The SMILES string of the molecule is Cc1ccc2c(N3CCN(C(=O)O[C@H]4CO[C@@H]5OCC[C@@H]54)CC3)nc(-c3ccccc3O)nc2c1.[HH]. The molecule has 9 nitrogen and oxygen atoms in total. The lowest BCUT2D eigenvalue weighted by Crippen LogP contribution is -2.50. The summed E-state index contributed by atoms with van der Waals surface area (Å²) in [6.07, 6.45) is 0.0697. The number of carbonyl (C=O) groups is 1. The molecule has 0 spiro atoms. The largest absolute Gasteiger partial charge is 0.507 e. The number of para-hydroxylation sites is 1. The maximum atomic E-state index is 12.8. The fourth-order valence-electron chi connectivity index (χ4n) is 5.10. The van der Waals surface area contributed by atoms with E-state index in [4.69, 9.17) is 24.2 Å². The highest BCUT2D eigenvalue weighted by Crippen LogP contribution is 2.34. The monoisotopic (exact) mass is 478 g/mol. The molecule has 0 unspecified atom stereocenters. The van der Waals surface area contributed by atoms with Crippen LogP contribution in [0.1, 0.15) is 13.4 Å². The van der Waals surface area contributed by atoms with Crippen LogP contribution in [-0.4, -0.2) is 77.9 Å². The van der Waals surface area contributed by atoms with Crippen LogP contribution in [0.15, 0.2) is 42.5 Å². The number of benzene rings is 2. The molecular formula is C26H30N4O5. The van der Waals surface area contributed by atoms with Crippen molar-refractivity contribution in [3.63, 3.8) is 0 Å². The Balaban J connectivity index is 0.00000267. The molecule has 4 heterocycles. The van der Waals surface area contributed by atoms with Crippen LogP contribution >= 0.6 is 0 Å². The molecule has 9 heteroatoms. The summed E-state index contributed by atoms with van der Waals surface area (Å²) in [5.74, 6) is 1.55. The number of aromatic nitrogens is 2. The van der Waals surface area contributed by atoms with Crippen LogP contribution in [0.4, 0.5) is 10.6 Å². The minimum atomic E-state index is -0.302. The molecule has 3 fully saturated rings. The molecule has 1 amide bonds. The molecule has 0 saturated carbocycles. The summed E-state index contributed by atoms with van der Waals surface area (Å²) in [7, 11) is 0. The third kappa shape index (κ3) is 4.15. The zero-order chi connectivity index (χ0) is 23.9. The highest BCUT2D eigenvalue weighted by Gasteiger charge is 2.44. The Labute approximate surface area is 204 Å². The van der Waals surface area contributed by atoms with Gasteiger partial charge in [-0.05, 0) is 43.2 Å². The zero-order valence-corrected chi connectivity index (χ0v) is 19.6. The predicted molar refractivity (Wildman–Crippen MR) is 131 cm³/mol. The van der Waals surface area contributed by atoms with E-state index in [9.17, 15) is 9.90 Å². The van der Waals surface area contributed by atoms with Gasteiger partial charge in [0, 0.05) is 33.0 Å². The average Bonchev–Trinajstić information content (AvgIpc) is 3.49. The number of hydrogen-bond donors (Lipinski definition) is 1. The summed E-state index contributed by atoms with van der Waals surface area (Å²) >= 11 is 0. The topological polar surface area (TPSA) is 97.3 Å². The average molecular weight is 479 g/mol. The number of anilines is 1. The van der Waals surface area contributed by atoms with Crippen LogP contribution in [0.25, 0.3) is 22.3 Å². The van der Waals surface area contributed by atoms with Crippen LogP contribution in [0, 0.1) is 12.8 Å². The Bertz CT molecular complexity index is 1270. The Morgan fingerprint density at radius 1 is 1.11 bits per heavy atom. The fourth-order valence-corrected chi connectivity index (χ4v) is 5.10. The second kappa shape index (κ2) is 8.98. The van der Waals surface area contributed by atoms with Crippen LogP contribution in [0.3, 0.4) is 0 Å². The van der Waals surface area contributed by atoms with Crippen molar-refractivity contribution in [3.8, 4) is 17.1 Å². The molecule has 35 heavy (non-hydrogen) atoms. The van der Waals surface area contributed by atoms with E-state index in [-0.39, 0.29) is 31.6 Å². The van der Waals surface area contributed by atoms with Gasteiger partial charge in [-0.2, -0.15) is 0 Å². The summed E-state index contributed by atoms with van der Waals surface area (Å²) in [5, 5.41) is 11.3. The number of ether oxygens (including phenoxy) is 3. The number of amides is 1. The van der Waals surface area contributed by atoms with Crippen molar-refractivity contribution in [2.45, 2.75) is 25.7 Å². The van der Waals surface area contributed by atoms with Crippen LogP contribution in [0.5, 0.6) is 5.75 Å². The number of rotatable bonds is 3.